The molecule has 0 spiro atoms. The molecule has 0 aliphatic carbocycles. The van der Waals surface area contributed by atoms with Crippen LogP contribution in [0.2, 0.25) is 0 Å². The van der Waals surface area contributed by atoms with Gasteiger partial charge in [0.2, 0.25) is 0 Å². The Morgan fingerprint density at radius 1 is 1.43 bits per heavy atom. The third kappa shape index (κ3) is 4.55. The minimum Gasteiger partial charge on any atom is -0.363 e. The van der Waals surface area contributed by atoms with Gasteiger partial charge < -0.3 is 15.0 Å². The van der Waals surface area contributed by atoms with Crippen molar-refractivity contribution >= 4 is 5.91 Å². The fourth-order valence-corrected chi connectivity index (χ4v) is 2.67. The number of morpholine rings is 1. The second kappa shape index (κ2) is 7.05. The van der Waals surface area contributed by atoms with E-state index in [1.54, 1.807) is 0 Å². The molecule has 2 atom stereocenters. The monoisotopic (exact) mass is 290 g/mol. The van der Waals surface area contributed by atoms with Crippen molar-refractivity contribution in [2.24, 2.45) is 0 Å². The Bertz CT molecular complexity index is 477. The number of amides is 1. The van der Waals surface area contributed by atoms with Gasteiger partial charge in [0.25, 0.3) is 5.91 Å². The summed E-state index contributed by atoms with van der Waals surface area (Å²) in [6.45, 7) is 8.43. The number of hydrogen-bond acceptors (Lipinski definition) is 3. The summed E-state index contributed by atoms with van der Waals surface area (Å²) in [5.41, 5.74) is 2.43. The van der Waals surface area contributed by atoms with Crippen molar-refractivity contribution in [1.29, 1.82) is 0 Å². The first kappa shape index (κ1) is 16.0. The molecule has 1 heterocycles. The molecule has 1 aromatic carbocycles. The minimum absolute atomic E-state index is 0.0247. The molecule has 2 rings (SSSR count). The van der Waals surface area contributed by atoms with Gasteiger partial charge in [0.05, 0.1) is 6.10 Å². The summed E-state index contributed by atoms with van der Waals surface area (Å²) in [5.74, 6) is 0.472. The summed E-state index contributed by atoms with van der Waals surface area (Å²) in [6, 6.07) is 8.37. The maximum absolute atomic E-state index is 12.2. The van der Waals surface area contributed by atoms with E-state index < -0.39 is 0 Å². The molecule has 1 N–H and O–H groups in total. The molecule has 1 aromatic rings. The van der Waals surface area contributed by atoms with Gasteiger partial charge in [0.1, 0.15) is 6.10 Å². The van der Waals surface area contributed by atoms with Gasteiger partial charge in [-0.25, -0.2) is 0 Å². The minimum atomic E-state index is -0.368. The Morgan fingerprint density at radius 2 is 2.19 bits per heavy atom. The Morgan fingerprint density at radius 3 is 2.86 bits per heavy atom. The lowest BCUT2D eigenvalue weighted by molar-refractivity contribution is -0.144. The van der Waals surface area contributed by atoms with Crippen LogP contribution in [0.15, 0.2) is 24.3 Å². The number of likely N-dealkylation sites (N-methyl/N-ethyl adjacent to an activating group) is 1. The van der Waals surface area contributed by atoms with Gasteiger partial charge in [-0.15, -0.1) is 0 Å². The molecule has 1 aliphatic heterocycles. The first-order chi connectivity index (χ1) is 9.95. The third-order valence-corrected chi connectivity index (χ3v) is 3.82. The molecule has 2 unspecified atom stereocenters. The van der Waals surface area contributed by atoms with Crippen LogP contribution < -0.4 is 5.32 Å². The highest BCUT2D eigenvalue weighted by Crippen LogP contribution is 2.15. The van der Waals surface area contributed by atoms with Gasteiger partial charge in [-0.2, -0.15) is 0 Å². The topological polar surface area (TPSA) is 41.6 Å². The zero-order chi connectivity index (χ0) is 15.4. The third-order valence-electron chi connectivity index (χ3n) is 3.82. The summed E-state index contributed by atoms with van der Waals surface area (Å²) in [4.78, 5) is 14.4. The molecular weight excluding hydrogens is 264 g/mol. The van der Waals surface area contributed by atoms with Crippen LogP contribution in [0.4, 0.5) is 0 Å². The van der Waals surface area contributed by atoms with Gasteiger partial charge in [-0.05, 0) is 31.0 Å². The molecule has 1 saturated heterocycles. The average molecular weight is 290 g/mol. The number of carbonyl (C=O) groups excluding carboxylic acids is 1. The van der Waals surface area contributed by atoms with Crippen LogP contribution in [0.25, 0.3) is 0 Å². The predicted molar refractivity (Wildman–Crippen MR) is 84.2 cm³/mol. The van der Waals surface area contributed by atoms with Gasteiger partial charge >= 0.3 is 0 Å². The van der Waals surface area contributed by atoms with Crippen LogP contribution in [0.3, 0.4) is 0 Å². The van der Waals surface area contributed by atoms with Gasteiger partial charge in [-0.3, -0.25) is 4.79 Å². The molecule has 0 aromatic heterocycles. The average Bonchev–Trinajstić information content (AvgIpc) is 2.44. The van der Waals surface area contributed by atoms with Gasteiger partial charge in [0.15, 0.2) is 0 Å². The van der Waals surface area contributed by atoms with Crippen LogP contribution in [0, 0.1) is 0 Å². The van der Waals surface area contributed by atoms with E-state index in [1.807, 2.05) is 26.1 Å². The Labute approximate surface area is 127 Å². The zero-order valence-electron chi connectivity index (χ0n) is 13.4. The van der Waals surface area contributed by atoms with Crippen molar-refractivity contribution in [1.82, 2.24) is 10.2 Å². The molecule has 4 heteroatoms. The highest BCUT2D eigenvalue weighted by molar-refractivity contribution is 5.81. The molecule has 0 radical (unpaired) electrons. The number of rotatable bonds is 4. The van der Waals surface area contributed by atoms with Crippen molar-refractivity contribution in [3.63, 3.8) is 0 Å². The second-order valence-electron chi connectivity index (χ2n) is 6.27. The SMILES string of the molecule is CC1CN(C)CC(C(=O)NCc2cccc(C(C)C)c2)O1. The quantitative estimate of drug-likeness (QED) is 0.924. The number of nitrogens with one attached hydrogen (secondary N) is 1. The van der Waals surface area contributed by atoms with Crippen molar-refractivity contribution < 1.29 is 9.53 Å². The van der Waals surface area contributed by atoms with Crippen molar-refractivity contribution in [3.05, 3.63) is 35.4 Å². The second-order valence-corrected chi connectivity index (χ2v) is 6.27. The molecule has 0 saturated carbocycles. The first-order valence-electron chi connectivity index (χ1n) is 7.66. The summed E-state index contributed by atoms with van der Waals surface area (Å²) < 4.78 is 5.72. The maximum atomic E-state index is 12.2. The van der Waals surface area contributed by atoms with E-state index >= 15 is 0 Å². The fraction of sp³-hybridized carbons (Fsp3) is 0.588. The highest BCUT2D eigenvalue weighted by atomic mass is 16.5. The van der Waals surface area contributed by atoms with E-state index in [0.29, 0.717) is 19.0 Å². The number of ether oxygens (including phenoxy) is 1. The molecule has 0 bridgehead atoms. The number of nitrogens with zero attached hydrogens (tertiary/aromatic N) is 1. The van der Waals surface area contributed by atoms with Crippen molar-refractivity contribution in [2.45, 2.75) is 45.4 Å². The predicted octanol–water partition coefficient (Wildman–Crippen LogP) is 2.15. The Hall–Kier alpha value is -1.39. The molecule has 116 valence electrons. The van der Waals surface area contributed by atoms with Crippen molar-refractivity contribution in [3.8, 4) is 0 Å². The molecular formula is C17H26N2O2. The van der Waals surface area contributed by atoms with Crippen LogP contribution in [0.5, 0.6) is 0 Å². The lowest BCUT2D eigenvalue weighted by Crippen LogP contribution is -2.51. The summed E-state index contributed by atoms with van der Waals surface area (Å²) >= 11 is 0. The standard InChI is InChI=1S/C17H26N2O2/c1-12(2)15-7-5-6-14(8-15)9-18-17(20)16-11-19(4)10-13(3)21-16/h5-8,12-13,16H,9-11H2,1-4H3,(H,18,20). The maximum Gasteiger partial charge on any atom is 0.250 e. The van der Waals surface area contributed by atoms with E-state index in [9.17, 15) is 4.79 Å². The number of carbonyl (C=O) groups is 1. The number of hydrogen-bond donors (Lipinski definition) is 1. The number of benzene rings is 1. The molecule has 21 heavy (non-hydrogen) atoms. The van der Waals surface area contributed by atoms with E-state index in [2.05, 4.69) is 36.2 Å². The van der Waals surface area contributed by atoms with Crippen molar-refractivity contribution in [2.75, 3.05) is 20.1 Å². The van der Waals surface area contributed by atoms with E-state index in [0.717, 1.165) is 12.1 Å². The van der Waals surface area contributed by atoms with E-state index in [4.69, 9.17) is 4.74 Å². The molecule has 4 nitrogen and oxygen atoms in total. The Kier molecular flexibility index (Phi) is 5.37. The van der Waals surface area contributed by atoms with E-state index in [1.165, 1.54) is 5.56 Å². The lowest BCUT2D eigenvalue weighted by Gasteiger charge is -2.33. The Balaban J connectivity index is 1.90. The zero-order valence-corrected chi connectivity index (χ0v) is 13.4. The normalized spacial score (nSPS) is 23.3. The lowest BCUT2D eigenvalue weighted by atomic mass is 10.0. The highest BCUT2D eigenvalue weighted by Gasteiger charge is 2.28. The van der Waals surface area contributed by atoms with Crippen LogP contribution in [-0.2, 0) is 16.1 Å². The summed E-state index contributed by atoms with van der Waals surface area (Å²) in [7, 11) is 2.02. The first-order valence-corrected chi connectivity index (χ1v) is 7.66. The largest absolute Gasteiger partial charge is 0.363 e. The molecule has 1 amide bonds. The van der Waals surface area contributed by atoms with Crippen LogP contribution in [0.1, 0.15) is 37.8 Å². The summed E-state index contributed by atoms with van der Waals surface area (Å²) in [6.07, 6.45) is -0.268. The fourth-order valence-electron chi connectivity index (χ4n) is 2.67. The summed E-state index contributed by atoms with van der Waals surface area (Å²) in [5, 5.41) is 2.99. The van der Waals surface area contributed by atoms with Crippen LogP contribution in [-0.4, -0.2) is 43.2 Å². The molecule has 1 fully saturated rings. The molecule has 1 aliphatic rings. The van der Waals surface area contributed by atoms with Gasteiger partial charge in [-0.1, -0.05) is 38.1 Å². The smallest absolute Gasteiger partial charge is 0.250 e. The van der Waals surface area contributed by atoms with Gasteiger partial charge in [0, 0.05) is 19.6 Å². The van der Waals surface area contributed by atoms with E-state index in [-0.39, 0.29) is 18.1 Å². The van der Waals surface area contributed by atoms with Crippen LogP contribution >= 0.6 is 0 Å².